The SMILES string of the molecule is CCCCC(c1ccc(C(=O)NCC2=NNNN2)cc1)N1C(=O)C(c2cc(Cl)cc(C(F)(F)F)c2)=NC12CCC(C(C)(C)C)CC2. The third kappa shape index (κ3) is 7.17. The Morgan fingerprint density at radius 2 is 1.83 bits per heavy atom. The summed E-state index contributed by atoms with van der Waals surface area (Å²) in [6, 6.07) is 9.97. The first-order valence-electron chi connectivity index (χ1n) is 15.7. The first-order valence-corrected chi connectivity index (χ1v) is 16.1. The predicted molar refractivity (Wildman–Crippen MR) is 172 cm³/mol. The topological polar surface area (TPSA) is 110 Å². The zero-order valence-corrected chi connectivity index (χ0v) is 27.3. The van der Waals surface area contributed by atoms with Crippen LogP contribution in [0.2, 0.25) is 5.02 Å². The van der Waals surface area contributed by atoms with Gasteiger partial charge in [0.25, 0.3) is 11.8 Å². The molecule has 2 heterocycles. The minimum Gasteiger partial charge on any atom is -0.345 e. The predicted octanol–water partition coefficient (Wildman–Crippen LogP) is 6.51. The average molecular weight is 660 g/mol. The number of nitrogens with one attached hydrogen (secondary N) is 4. The number of carbonyl (C=O) groups is 2. The zero-order chi connectivity index (χ0) is 33.3. The fraction of sp³-hybridized carbons (Fsp3) is 0.515. The number of hydrogen-bond acceptors (Lipinski definition) is 7. The highest BCUT2D eigenvalue weighted by Crippen LogP contribution is 2.50. The van der Waals surface area contributed by atoms with Gasteiger partial charge in [0.15, 0.2) is 5.84 Å². The Balaban J connectivity index is 1.50. The number of benzene rings is 2. The van der Waals surface area contributed by atoms with Crippen molar-refractivity contribution in [2.24, 2.45) is 21.4 Å². The Bertz CT molecular complexity index is 1510. The van der Waals surface area contributed by atoms with Crippen LogP contribution in [-0.4, -0.2) is 40.5 Å². The smallest absolute Gasteiger partial charge is 0.345 e. The van der Waals surface area contributed by atoms with Crippen molar-refractivity contribution >= 4 is 35.0 Å². The summed E-state index contributed by atoms with van der Waals surface area (Å²) in [6.07, 6.45) is 0.571. The molecule has 2 amide bonds. The standard InChI is InChI=1S/C33H41ClF3N7O2/c1-5-6-7-26(20-8-10-21(11-9-20)29(45)38-19-27-40-42-43-41-27)44-30(46)28(22-16-24(33(35,36)37)18-25(34)17-22)39-32(44)14-12-23(13-15-32)31(2,3)4/h8-11,16-18,23,26,42-43H,5-7,12-15,19H2,1-4H3,(H,38,45)(H,40,41). The summed E-state index contributed by atoms with van der Waals surface area (Å²) in [5, 5.41) is 6.64. The van der Waals surface area contributed by atoms with Crippen LogP contribution in [0.4, 0.5) is 13.2 Å². The van der Waals surface area contributed by atoms with Gasteiger partial charge in [-0.25, -0.2) is 5.53 Å². The highest BCUT2D eigenvalue weighted by atomic mass is 35.5. The number of halogens is 4. The summed E-state index contributed by atoms with van der Waals surface area (Å²) in [6.45, 7) is 8.89. The fourth-order valence-electron chi connectivity index (χ4n) is 6.69. The van der Waals surface area contributed by atoms with Gasteiger partial charge in [-0.15, -0.1) is 10.6 Å². The molecule has 1 saturated carbocycles. The van der Waals surface area contributed by atoms with E-state index < -0.39 is 29.4 Å². The Morgan fingerprint density at radius 1 is 1.13 bits per heavy atom. The first-order chi connectivity index (χ1) is 21.7. The molecule has 2 aromatic carbocycles. The van der Waals surface area contributed by atoms with Crippen molar-refractivity contribution in [1.29, 1.82) is 0 Å². The van der Waals surface area contributed by atoms with E-state index in [0.29, 0.717) is 36.6 Å². The molecule has 0 bridgehead atoms. The summed E-state index contributed by atoms with van der Waals surface area (Å²) < 4.78 is 41.3. The van der Waals surface area contributed by atoms with E-state index in [1.807, 2.05) is 17.0 Å². The summed E-state index contributed by atoms with van der Waals surface area (Å²) in [5.41, 5.74) is 7.53. The molecule has 1 unspecified atom stereocenters. The third-order valence-corrected chi connectivity index (χ3v) is 9.49. The van der Waals surface area contributed by atoms with Crippen LogP contribution < -0.4 is 21.8 Å². The maximum absolute atomic E-state index is 14.5. The van der Waals surface area contributed by atoms with Crippen LogP contribution in [0.1, 0.15) is 106 Å². The Hall–Kier alpha value is -3.64. The number of carbonyl (C=O) groups excluding carboxylic acids is 2. The second-order valence-electron chi connectivity index (χ2n) is 13.4. The number of amidine groups is 1. The molecule has 1 fully saturated rings. The molecule has 2 aromatic rings. The van der Waals surface area contributed by atoms with Crippen LogP contribution in [0.25, 0.3) is 0 Å². The summed E-state index contributed by atoms with van der Waals surface area (Å²) >= 11 is 6.16. The van der Waals surface area contributed by atoms with Gasteiger partial charge >= 0.3 is 6.18 Å². The number of nitrogens with zero attached hydrogens (tertiary/aromatic N) is 3. The van der Waals surface area contributed by atoms with Crippen LogP contribution >= 0.6 is 11.6 Å². The molecule has 0 radical (unpaired) electrons. The number of amides is 2. The van der Waals surface area contributed by atoms with Crippen LogP contribution in [0.5, 0.6) is 0 Å². The Morgan fingerprint density at radius 3 is 2.41 bits per heavy atom. The van der Waals surface area contributed by atoms with Gasteiger partial charge in [-0.05, 0) is 79.3 Å². The molecule has 5 rings (SSSR count). The lowest BCUT2D eigenvalue weighted by Gasteiger charge is -2.47. The van der Waals surface area contributed by atoms with E-state index in [9.17, 15) is 22.8 Å². The summed E-state index contributed by atoms with van der Waals surface area (Å²) in [4.78, 5) is 34.2. The van der Waals surface area contributed by atoms with Gasteiger partial charge in [-0.1, -0.05) is 64.3 Å². The number of unbranched alkanes of at least 4 members (excludes halogenated alkanes) is 1. The van der Waals surface area contributed by atoms with Gasteiger partial charge in [0.1, 0.15) is 11.4 Å². The van der Waals surface area contributed by atoms with E-state index in [1.165, 1.54) is 6.07 Å². The molecule has 4 N–H and O–H groups in total. The molecule has 46 heavy (non-hydrogen) atoms. The number of hydrogen-bond donors (Lipinski definition) is 4. The number of alkyl halides is 3. The van der Waals surface area contributed by atoms with E-state index in [-0.39, 0.29) is 34.2 Å². The van der Waals surface area contributed by atoms with Crippen molar-refractivity contribution in [2.75, 3.05) is 6.54 Å². The number of hydrazine groups is 2. The Kier molecular flexibility index (Phi) is 9.70. The summed E-state index contributed by atoms with van der Waals surface area (Å²) in [5.74, 6) is 0.261. The van der Waals surface area contributed by atoms with E-state index in [1.54, 1.807) is 12.1 Å². The molecular formula is C33H41ClF3N7O2. The third-order valence-electron chi connectivity index (χ3n) is 9.27. The van der Waals surface area contributed by atoms with Crippen molar-refractivity contribution in [3.8, 4) is 0 Å². The lowest BCUT2D eigenvalue weighted by molar-refractivity contribution is -0.137. The quantitative estimate of drug-likeness (QED) is 0.245. The number of aliphatic imine (C=N–C) groups is 1. The highest BCUT2D eigenvalue weighted by Gasteiger charge is 2.52. The molecule has 3 aliphatic rings. The fourth-order valence-corrected chi connectivity index (χ4v) is 6.93. The van der Waals surface area contributed by atoms with E-state index in [4.69, 9.17) is 16.6 Å². The molecule has 0 aromatic heterocycles. The molecule has 1 spiro atoms. The zero-order valence-electron chi connectivity index (χ0n) is 26.5. The van der Waals surface area contributed by atoms with Crippen LogP contribution in [-0.2, 0) is 11.0 Å². The maximum atomic E-state index is 14.5. The van der Waals surface area contributed by atoms with Gasteiger partial charge in [-0.2, -0.15) is 13.2 Å². The lowest BCUT2D eigenvalue weighted by atomic mass is 9.69. The van der Waals surface area contributed by atoms with Gasteiger partial charge in [0.2, 0.25) is 0 Å². The van der Waals surface area contributed by atoms with Crippen LogP contribution in [0.15, 0.2) is 52.6 Å². The minimum atomic E-state index is -4.63. The average Bonchev–Trinajstić information content (AvgIpc) is 3.62. The van der Waals surface area contributed by atoms with Crippen molar-refractivity contribution in [3.05, 3.63) is 69.7 Å². The molecular weight excluding hydrogens is 619 g/mol. The number of hydrazone groups is 1. The first kappa shape index (κ1) is 33.7. The van der Waals surface area contributed by atoms with Gasteiger partial charge in [-0.3, -0.25) is 20.0 Å². The van der Waals surface area contributed by atoms with E-state index in [0.717, 1.165) is 43.4 Å². The van der Waals surface area contributed by atoms with Crippen LogP contribution in [0, 0.1) is 11.3 Å². The highest BCUT2D eigenvalue weighted by molar-refractivity contribution is 6.47. The monoisotopic (exact) mass is 659 g/mol. The van der Waals surface area contributed by atoms with Gasteiger partial charge < -0.3 is 10.2 Å². The molecule has 1 aliphatic carbocycles. The second kappa shape index (κ2) is 13.2. The number of rotatable bonds is 9. The molecule has 9 nitrogen and oxygen atoms in total. The van der Waals surface area contributed by atoms with Crippen molar-refractivity contribution < 1.29 is 22.8 Å². The minimum absolute atomic E-state index is 0.00659. The van der Waals surface area contributed by atoms with Crippen molar-refractivity contribution in [1.82, 2.24) is 26.7 Å². The molecule has 13 heteroatoms. The molecule has 248 valence electrons. The van der Waals surface area contributed by atoms with Gasteiger partial charge in [0, 0.05) is 16.1 Å². The van der Waals surface area contributed by atoms with Crippen molar-refractivity contribution in [3.63, 3.8) is 0 Å². The van der Waals surface area contributed by atoms with Crippen molar-refractivity contribution in [2.45, 2.75) is 90.5 Å². The second-order valence-corrected chi connectivity index (χ2v) is 13.8. The molecule has 2 aliphatic heterocycles. The lowest BCUT2D eigenvalue weighted by Crippen LogP contribution is -2.51. The Labute approximate surface area is 272 Å². The van der Waals surface area contributed by atoms with E-state index >= 15 is 0 Å². The molecule has 0 saturated heterocycles. The van der Waals surface area contributed by atoms with E-state index in [2.05, 4.69) is 54.6 Å². The van der Waals surface area contributed by atoms with Gasteiger partial charge in [0.05, 0.1) is 18.2 Å². The normalized spacial score (nSPS) is 22.3. The van der Waals surface area contributed by atoms with Crippen LogP contribution in [0.3, 0.4) is 0 Å². The maximum Gasteiger partial charge on any atom is 0.416 e. The molecule has 1 atom stereocenters. The summed E-state index contributed by atoms with van der Waals surface area (Å²) in [7, 11) is 0. The largest absolute Gasteiger partial charge is 0.416 e.